The van der Waals surface area contributed by atoms with Crippen LogP contribution in [0.3, 0.4) is 0 Å². The van der Waals surface area contributed by atoms with Crippen LogP contribution < -0.4 is 5.73 Å². The Labute approximate surface area is 115 Å². The Morgan fingerprint density at radius 1 is 1.53 bits per heavy atom. The summed E-state index contributed by atoms with van der Waals surface area (Å²) < 4.78 is 5.79. The second kappa shape index (κ2) is 6.07. The fraction of sp³-hybridized carbons (Fsp3) is 0.733. The molecule has 0 aliphatic carbocycles. The lowest BCUT2D eigenvalue weighted by Crippen LogP contribution is -2.40. The number of nitrogens with two attached hydrogens (primary N) is 1. The minimum Gasteiger partial charge on any atom is -0.465 e. The Morgan fingerprint density at radius 2 is 2.26 bits per heavy atom. The number of nitrogens with zero attached hydrogens (tertiary/aromatic N) is 1. The van der Waals surface area contributed by atoms with Crippen molar-refractivity contribution in [3.05, 3.63) is 23.7 Å². The quantitative estimate of drug-likeness (QED) is 0.856. The molecule has 2 rings (SSSR count). The van der Waals surface area contributed by atoms with E-state index in [-0.39, 0.29) is 18.2 Å². The summed E-state index contributed by atoms with van der Waals surface area (Å²) in [6.07, 6.45) is 1.70. The Morgan fingerprint density at radius 3 is 2.74 bits per heavy atom. The molecule has 19 heavy (non-hydrogen) atoms. The minimum atomic E-state index is -0.248. The molecule has 1 aliphatic heterocycles. The summed E-state index contributed by atoms with van der Waals surface area (Å²) in [6.45, 7) is 7.82. The third-order valence-corrected chi connectivity index (χ3v) is 4.26. The molecule has 0 amide bonds. The van der Waals surface area contributed by atoms with Crippen LogP contribution in [-0.2, 0) is 0 Å². The van der Waals surface area contributed by atoms with E-state index in [1.54, 1.807) is 0 Å². The molecule has 1 aromatic rings. The molecule has 4 heteroatoms. The molecule has 1 aromatic heterocycles. The number of likely N-dealkylation sites (tertiary alicyclic amines) is 1. The SMILES string of the molecule is CCC(N)C(c1ccc(C)o1)N1CCC(C(C)O)C1. The topological polar surface area (TPSA) is 62.6 Å². The summed E-state index contributed by atoms with van der Waals surface area (Å²) in [5.41, 5.74) is 6.30. The molecule has 3 N–H and O–H groups in total. The van der Waals surface area contributed by atoms with Gasteiger partial charge in [0.25, 0.3) is 0 Å². The Balaban J connectivity index is 2.15. The molecule has 108 valence electrons. The molecule has 1 fully saturated rings. The van der Waals surface area contributed by atoms with Gasteiger partial charge in [0, 0.05) is 12.6 Å². The van der Waals surface area contributed by atoms with Gasteiger partial charge in [0.2, 0.25) is 0 Å². The summed E-state index contributed by atoms with van der Waals surface area (Å²) in [6, 6.07) is 4.22. The summed E-state index contributed by atoms with van der Waals surface area (Å²) in [7, 11) is 0. The lowest BCUT2D eigenvalue weighted by molar-refractivity contribution is 0.114. The summed E-state index contributed by atoms with van der Waals surface area (Å²) >= 11 is 0. The fourth-order valence-corrected chi connectivity index (χ4v) is 2.96. The zero-order chi connectivity index (χ0) is 14.0. The van der Waals surface area contributed by atoms with Crippen LogP contribution in [0.25, 0.3) is 0 Å². The van der Waals surface area contributed by atoms with Gasteiger partial charge in [-0.15, -0.1) is 0 Å². The third kappa shape index (κ3) is 3.19. The first-order valence-electron chi connectivity index (χ1n) is 7.27. The smallest absolute Gasteiger partial charge is 0.122 e. The van der Waals surface area contributed by atoms with Crippen LogP contribution in [0.1, 0.15) is 44.3 Å². The molecule has 0 saturated carbocycles. The molecule has 4 unspecified atom stereocenters. The highest BCUT2D eigenvalue weighted by atomic mass is 16.3. The van der Waals surface area contributed by atoms with Crippen molar-refractivity contribution in [2.45, 2.75) is 51.8 Å². The molecular formula is C15H26N2O2. The lowest BCUT2D eigenvalue weighted by Gasteiger charge is -2.31. The van der Waals surface area contributed by atoms with Crippen molar-refractivity contribution in [2.24, 2.45) is 11.7 Å². The zero-order valence-electron chi connectivity index (χ0n) is 12.2. The number of furan rings is 1. The highest BCUT2D eigenvalue weighted by Crippen LogP contribution is 2.32. The molecule has 0 aromatic carbocycles. The minimum absolute atomic E-state index is 0.0679. The van der Waals surface area contributed by atoms with Crippen molar-refractivity contribution in [3.8, 4) is 0 Å². The van der Waals surface area contributed by atoms with E-state index in [1.165, 1.54) is 0 Å². The first-order valence-corrected chi connectivity index (χ1v) is 7.27. The van der Waals surface area contributed by atoms with Crippen molar-refractivity contribution < 1.29 is 9.52 Å². The van der Waals surface area contributed by atoms with Gasteiger partial charge in [0.15, 0.2) is 0 Å². The molecule has 1 aliphatic rings. The Kier molecular flexibility index (Phi) is 4.66. The molecular weight excluding hydrogens is 240 g/mol. The first kappa shape index (κ1) is 14.6. The molecule has 0 bridgehead atoms. The fourth-order valence-electron chi connectivity index (χ4n) is 2.96. The number of rotatable bonds is 5. The monoisotopic (exact) mass is 266 g/mol. The standard InChI is InChI=1S/C15H26N2O2/c1-4-13(16)15(14-6-5-10(2)19-14)17-8-7-12(9-17)11(3)18/h5-6,11-13,15,18H,4,7-9,16H2,1-3H3. The van der Waals surface area contributed by atoms with Crippen molar-refractivity contribution in [1.29, 1.82) is 0 Å². The predicted octanol–water partition coefficient (Wildman–Crippen LogP) is 2.07. The molecule has 1 saturated heterocycles. The van der Waals surface area contributed by atoms with E-state index in [0.717, 1.165) is 37.5 Å². The maximum atomic E-state index is 9.74. The van der Waals surface area contributed by atoms with Crippen LogP contribution >= 0.6 is 0 Å². The van der Waals surface area contributed by atoms with Crippen LogP contribution in [0.4, 0.5) is 0 Å². The van der Waals surface area contributed by atoms with Gasteiger partial charge in [0.1, 0.15) is 11.5 Å². The van der Waals surface area contributed by atoms with E-state index in [2.05, 4.69) is 11.8 Å². The number of aliphatic hydroxyl groups is 1. The van der Waals surface area contributed by atoms with Crippen LogP contribution in [0.5, 0.6) is 0 Å². The summed E-state index contributed by atoms with van der Waals surface area (Å²) in [4.78, 5) is 2.36. The predicted molar refractivity (Wildman–Crippen MR) is 75.8 cm³/mol. The average Bonchev–Trinajstić information content (AvgIpc) is 2.99. The largest absolute Gasteiger partial charge is 0.465 e. The summed E-state index contributed by atoms with van der Waals surface area (Å²) in [5, 5.41) is 9.74. The van der Waals surface area contributed by atoms with E-state index in [4.69, 9.17) is 10.2 Å². The third-order valence-electron chi connectivity index (χ3n) is 4.26. The zero-order valence-corrected chi connectivity index (χ0v) is 12.2. The van der Waals surface area contributed by atoms with Gasteiger partial charge < -0.3 is 15.3 Å². The van der Waals surface area contributed by atoms with Crippen LogP contribution in [-0.4, -0.2) is 35.2 Å². The van der Waals surface area contributed by atoms with Crippen molar-refractivity contribution in [3.63, 3.8) is 0 Å². The molecule has 2 heterocycles. The number of aryl methyl sites for hydroxylation is 1. The van der Waals surface area contributed by atoms with E-state index < -0.39 is 0 Å². The normalized spacial score (nSPS) is 25.4. The van der Waals surface area contributed by atoms with Gasteiger partial charge >= 0.3 is 0 Å². The highest BCUT2D eigenvalue weighted by Gasteiger charge is 2.35. The van der Waals surface area contributed by atoms with E-state index in [9.17, 15) is 5.11 Å². The molecule has 0 radical (unpaired) electrons. The first-order chi connectivity index (χ1) is 9.02. The van der Waals surface area contributed by atoms with Crippen molar-refractivity contribution >= 4 is 0 Å². The second-order valence-electron chi connectivity index (χ2n) is 5.75. The van der Waals surface area contributed by atoms with Gasteiger partial charge in [-0.3, -0.25) is 4.90 Å². The Hall–Kier alpha value is -0.840. The number of aliphatic hydroxyl groups excluding tert-OH is 1. The molecule has 4 nitrogen and oxygen atoms in total. The number of hydrogen-bond acceptors (Lipinski definition) is 4. The maximum absolute atomic E-state index is 9.74. The average molecular weight is 266 g/mol. The highest BCUT2D eigenvalue weighted by molar-refractivity contribution is 5.12. The van der Waals surface area contributed by atoms with Gasteiger partial charge in [-0.05, 0) is 51.3 Å². The van der Waals surface area contributed by atoms with Crippen LogP contribution in [0.2, 0.25) is 0 Å². The maximum Gasteiger partial charge on any atom is 0.122 e. The second-order valence-corrected chi connectivity index (χ2v) is 5.75. The van der Waals surface area contributed by atoms with Crippen molar-refractivity contribution in [2.75, 3.05) is 13.1 Å². The Bertz CT molecular complexity index is 403. The van der Waals surface area contributed by atoms with Gasteiger partial charge in [-0.1, -0.05) is 6.92 Å². The number of hydrogen-bond donors (Lipinski definition) is 2. The van der Waals surface area contributed by atoms with Gasteiger partial charge in [-0.2, -0.15) is 0 Å². The van der Waals surface area contributed by atoms with Gasteiger partial charge in [0.05, 0.1) is 12.1 Å². The van der Waals surface area contributed by atoms with Crippen LogP contribution in [0.15, 0.2) is 16.5 Å². The van der Waals surface area contributed by atoms with Gasteiger partial charge in [-0.25, -0.2) is 0 Å². The van der Waals surface area contributed by atoms with E-state index >= 15 is 0 Å². The van der Waals surface area contributed by atoms with Crippen LogP contribution in [0, 0.1) is 12.8 Å². The van der Waals surface area contributed by atoms with E-state index in [1.807, 2.05) is 26.0 Å². The van der Waals surface area contributed by atoms with Crippen molar-refractivity contribution in [1.82, 2.24) is 4.90 Å². The van der Waals surface area contributed by atoms with E-state index in [0.29, 0.717) is 5.92 Å². The molecule has 0 spiro atoms. The summed E-state index contributed by atoms with van der Waals surface area (Å²) in [5.74, 6) is 2.23. The lowest BCUT2D eigenvalue weighted by atomic mass is 10.0. The molecule has 4 atom stereocenters.